The Morgan fingerprint density at radius 2 is 1.77 bits per heavy atom. The standard InChI is InChI=1S/C18H17NO3/c1-12-6-8-14(9-7-12)13(2)10-17(22-19)15-4-3-5-16(11-15)18(20)21/h3-11H,2,19H2,1H3,(H,20,21)/b17-10-. The zero-order chi connectivity index (χ0) is 16.1. The number of hydrogen-bond donors (Lipinski definition) is 2. The van der Waals surface area contributed by atoms with E-state index in [4.69, 9.17) is 15.8 Å². The van der Waals surface area contributed by atoms with Crippen molar-refractivity contribution in [2.75, 3.05) is 0 Å². The zero-order valence-electron chi connectivity index (χ0n) is 12.2. The van der Waals surface area contributed by atoms with Crippen molar-refractivity contribution in [3.8, 4) is 0 Å². The van der Waals surface area contributed by atoms with Crippen LogP contribution in [0, 0.1) is 6.92 Å². The Morgan fingerprint density at radius 3 is 2.36 bits per heavy atom. The average Bonchev–Trinajstić information content (AvgIpc) is 2.53. The fourth-order valence-electron chi connectivity index (χ4n) is 2.00. The molecule has 2 aromatic carbocycles. The molecule has 3 N–H and O–H groups in total. The van der Waals surface area contributed by atoms with Crippen molar-refractivity contribution in [3.05, 3.63) is 83.4 Å². The van der Waals surface area contributed by atoms with Gasteiger partial charge < -0.3 is 9.94 Å². The summed E-state index contributed by atoms with van der Waals surface area (Å²) in [6.07, 6.45) is 1.69. The summed E-state index contributed by atoms with van der Waals surface area (Å²) in [5.74, 6) is 4.68. The van der Waals surface area contributed by atoms with Crippen LogP contribution in [0.1, 0.15) is 27.0 Å². The molecule has 4 heteroatoms. The predicted molar refractivity (Wildman–Crippen MR) is 86.9 cm³/mol. The fourth-order valence-corrected chi connectivity index (χ4v) is 2.00. The summed E-state index contributed by atoms with van der Waals surface area (Å²) in [4.78, 5) is 15.9. The first-order valence-electron chi connectivity index (χ1n) is 6.69. The minimum Gasteiger partial charge on any atom is -0.478 e. The van der Waals surface area contributed by atoms with E-state index in [0.717, 1.165) is 16.7 Å². The molecule has 4 nitrogen and oxygen atoms in total. The maximum Gasteiger partial charge on any atom is 0.335 e. The van der Waals surface area contributed by atoms with E-state index in [1.165, 1.54) is 12.1 Å². The number of carboxylic acid groups (broad SMARTS) is 1. The van der Waals surface area contributed by atoms with E-state index >= 15 is 0 Å². The summed E-state index contributed by atoms with van der Waals surface area (Å²) in [5.41, 5.74) is 3.57. The van der Waals surface area contributed by atoms with Crippen molar-refractivity contribution in [3.63, 3.8) is 0 Å². The van der Waals surface area contributed by atoms with E-state index in [2.05, 4.69) is 6.58 Å². The quantitative estimate of drug-likeness (QED) is 0.502. The summed E-state index contributed by atoms with van der Waals surface area (Å²) in [6, 6.07) is 14.3. The molecule has 0 aliphatic rings. The highest BCUT2D eigenvalue weighted by molar-refractivity contribution is 5.89. The Kier molecular flexibility index (Phi) is 4.76. The first-order chi connectivity index (χ1) is 10.5. The fraction of sp³-hybridized carbons (Fsp3) is 0.0556. The lowest BCUT2D eigenvalue weighted by Gasteiger charge is -2.08. The molecular weight excluding hydrogens is 278 g/mol. The second-order valence-electron chi connectivity index (χ2n) is 4.90. The summed E-state index contributed by atoms with van der Waals surface area (Å²) >= 11 is 0. The average molecular weight is 295 g/mol. The highest BCUT2D eigenvalue weighted by Gasteiger charge is 2.08. The van der Waals surface area contributed by atoms with Gasteiger partial charge in [0.05, 0.1) is 5.56 Å². The number of hydrogen-bond acceptors (Lipinski definition) is 3. The second kappa shape index (κ2) is 6.74. The van der Waals surface area contributed by atoms with Crippen LogP contribution < -0.4 is 5.90 Å². The van der Waals surface area contributed by atoms with Gasteiger partial charge in [0.2, 0.25) is 0 Å². The van der Waals surface area contributed by atoms with E-state index in [0.29, 0.717) is 11.3 Å². The molecule has 0 atom stereocenters. The molecule has 0 amide bonds. The predicted octanol–water partition coefficient (Wildman–Crippen LogP) is 3.64. The summed E-state index contributed by atoms with van der Waals surface area (Å²) in [6.45, 7) is 6.01. The van der Waals surface area contributed by atoms with Gasteiger partial charge in [-0.3, -0.25) is 0 Å². The lowest BCUT2D eigenvalue weighted by molar-refractivity contribution is 0.0697. The lowest BCUT2D eigenvalue weighted by Crippen LogP contribution is -2.02. The number of allylic oxidation sites excluding steroid dienone is 2. The van der Waals surface area contributed by atoms with Gasteiger partial charge in [0, 0.05) is 5.56 Å². The van der Waals surface area contributed by atoms with E-state index in [1.54, 1.807) is 18.2 Å². The Balaban J connectivity index is 2.34. The third-order valence-corrected chi connectivity index (χ3v) is 3.25. The third-order valence-electron chi connectivity index (χ3n) is 3.25. The van der Waals surface area contributed by atoms with Crippen LogP contribution in [0.5, 0.6) is 0 Å². The molecule has 2 rings (SSSR count). The molecule has 22 heavy (non-hydrogen) atoms. The largest absolute Gasteiger partial charge is 0.478 e. The lowest BCUT2D eigenvalue weighted by atomic mass is 10.0. The van der Waals surface area contributed by atoms with Crippen LogP contribution in [0.15, 0.2) is 61.2 Å². The normalized spacial score (nSPS) is 11.1. The smallest absolute Gasteiger partial charge is 0.335 e. The summed E-state index contributed by atoms with van der Waals surface area (Å²) < 4.78 is 0. The Hall–Kier alpha value is -2.85. The van der Waals surface area contributed by atoms with Gasteiger partial charge in [-0.15, -0.1) is 0 Å². The number of nitrogens with two attached hydrogens (primary N) is 1. The number of rotatable bonds is 5. The topological polar surface area (TPSA) is 72.5 Å². The summed E-state index contributed by atoms with van der Waals surface area (Å²) in [7, 11) is 0. The maximum absolute atomic E-state index is 11.0. The molecule has 0 aromatic heterocycles. The van der Waals surface area contributed by atoms with Crippen LogP contribution in [-0.4, -0.2) is 11.1 Å². The Bertz CT molecular complexity index is 730. The van der Waals surface area contributed by atoms with Crippen molar-refractivity contribution < 1.29 is 14.7 Å². The van der Waals surface area contributed by atoms with Gasteiger partial charge in [0.15, 0.2) is 5.76 Å². The van der Waals surface area contributed by atoms with Crippen molar-refractivity contribution in [2.45, 2.75) is 6.92 Å². The molecule has 0 spiro atoms. The minimum absolute atomic E-state index is 0.168. The van der Waals surface area contributed by atoms with E-state index in [-0.39, 0.29) is 5.56 Å². The molecular formula is C18H17NO3. The summed E-state index contributed by atoms with van der Waals surface area (Å²) in [5, 5.41) is 9.04. The maximum atomic E-state index is 11.0. The van der Waals surface area contributed by atoms with Gasteiger partial charge in [-0.25, -0.2) is 4.79 Å². The number of carboxylic acids is 1. The molecule has 2 aromatic rings. The molecule has 0 fully saturated rings. The Labute approximate surface area is 129 Å². The van der Waals surface area contributed by atoms with Crippen LogP contribution in [0.25, 0.3) is 11.3 Å². The molecule has 0 aliphatic carbocycles. The van der Waals surface area contributed by atoms with Crippen molar-refractivity contribution in [1.29, 1.82) is 0 Å². The number of aromatic carboxylic acids is 1. The van der Waals surface area contributed by atoms with Gasteiger partial charge >= 0.3 is 5.97 Å². The van der Waals surface area contributed by atoms with Crippen molar-refractivity contribution in [1.82, 2.24) is 0 Å². The second-order valence-corrected chi connectivity index (χ2v) is 4.90. The molecule has 0 saturated carbocycles. The number of carbonyl (C=O) groups is 1. The van der Waals surface area contributed by atoms with Crippen molar-refractivity contribution >= 4 is 17.3 Å². The molecule has 112 valence electrons. The van der Waals surface area contributed by atoms with Crippen molar-refractivity contribution in [2.24, 2.45) is 5.90 Å². The van der Waals surface area contributed by atoms with E-state index in [1.807, 2.05) is 31.2 Å². The van der Waals surface area contributed by atoms with Gasteiger partial charge in [-0.2, -0.15) is 5.90 Å². The first kappa shape index (κ1) is 15.5. The van der Waals surface area contributed by atoms with Crippen LogP contribution in [0.3, 0.4) is 0 Å². The van der Waals surface area contributed by atoms with Gasteiger partial charge in [-0.1, -0.05) is 48.5 Å². The zero-order valence-corrected chi connectivity index (χ0v) is 12.2. The van der Waals surface area contributed by atoms with Gasteiger partial charge in [0.25, 0.3) is 0 Å². The number of benzene rings is 2. The highest BCUT2D eigenvalue weighted by Crippen LogP contribution is 2.22. The molecule has 0 unspecified atom stereocenters. The Morgan fingerprint density at radius 1 is 1.14 bits per heavy atom. The van der Waals surface area contributed by atoms with E-state index in [9.17, 15) is 4.79 Å². The molecule has 0 radical (unpaired) electrons. The monoisotopic (exact) mass is 295 g/mol. The van der Waals surface area contributed by atoms with E-state index < -0.39 is 5.97 Å². The molecule has 0 bridgehead atoms. The third kappa shape index (κ3) is 3.62. The molecule has 0 heterocycles. The molecule has 0 saturated heterocycles. The SMILES string of the molecule is C=C(/C=C(\ON)c1cccc(C(=O)O)c1)c1ccc(C)cc1. The highest BCUT2D eigenvalue weighted by atomic mass is 16.6. The van der Waals surface area contributed by atoms with Gasteiger partial charge in [-0.05, 0) is 36.3 Å². The number of aryl methyl sites for hydroxylation is 1. The van der Waals surface area contributed by atoms with Crippen LogP contribution in [0.2, 0.25) is 0 Å². The first-order valence-corrected chi connectivity index (χ1v) is 6.69. The molecule has 0 aliphatic heterocycles. The minimum atomic E-state index is -1.00. The van der Waals surface area contributed by atoms with Crippen LogP contribution >= 0.6 is 0 Å². The van der Waals surface area contributed by atoms with Crippen LogP contribution in [0.4, 0.5) is 0 Å². The van der Waals surface area contributed by atoms with Crippen LogP contribution in [-0.2, 0) is 4.84 Å². The van der Waals surface area contributed by atoms with Gasteiger partial charge in [0.1, 0.15) is 0 Å².